The molecule has 0 aromatic carbocycles. The lowest BCUT2D eigenvalue weighted by Crippen LogP contribution is -2.13. The van der Waals surface area contributed by atoms with E-state index >= 15 is 0 Å². The number of carbonyl (C=O) groups excluding carboxylic acids is 1. The number of esters is 1. The van der Waals surface area contributed by atoms with Gasteiger partial charge in [0.15, 0.2) is 0 Å². The van der Waals surface area contributed by atoms with Crippen molar-refractivity contribution in [2.75, 3.05) is 7.11 Å². The van der Waals surface area contributed by atoms with Crippen LogP contribution in [0.5, 0.6) is 0 Å². The molecule has 2 heterocycles. The van der Waals surface area contributed by atoms with Crippen molar-refractivity contribution in [2.45, 2.75) is 16.7 Å². The molecule has 0 aliphatic carbocycles. The van der Waals surface area contributed by atoms with Crippen LogP contribution in [-0.4, -0.2) is 38.3 Å². The number of hydrogen-bond donors (Lipinski definition) is 0. The highest BCUT2D eigenvalue weighted by Gasteiger charge is 2.12. The van der Waals surface area contributed by atoms with Gasteiger partial charge >= 0.3 is 5.97 Å². The van der Waals surface area contributed by atoms with Gasteiger partial charge < -0.3 is 4.74 Å². The molecule has 0 atom stereocenters. The van der Waals surface area contributed by atoms with Gasteiger partial charge in [-0.3, -0.25) is 4.79 Å². The van der Waals surface area contributed by atoms with Crippen molar-refractivity contribution in [3.05, 3.63) is 23.9 Å². The SMILES string of the molecule is COC(=O)Cn1nnnc1Sc1cc(C#N)ccn1. The van der Waals surface area contributed by atoms with Crippen molar-refractivity contribution in [1.82, 2.24) is 25.2 Å². The Hall–Kier alpha value is -2.47. The Kier molecular flexibility index (Phi) is 4.04. The normalized spacial score (nSPS) is 9.89. The van der Waals surface area contributed by atoms with Gasteiger partial charge in [0.05, 0.1) is 18.7 Å². The Morgan fingerprint density at radius 1 is 1.63 bits per heavy atom. The van der Waals surface area contributed by atoms with Gasteiger partial charge in [-0.2, -0.15) is 5.26 Å². The summed E-state index contributed by atoms with van der Waals surface area (Å²) >= 11 is 1.16. The molecule has 0 saturated heterocycles. The molecular formula is C10H8N6O2S. The van der Waals surface area contributed by atoms with Crippen LogP contribution >= 0.6 is 11.8 Å². The molecule has 2 rings (SSSR count). The van der Waals surface area contributed by atoms with Gasteiger partial charge in [-0.25, -0.2) is 9.67 Å². The van der Waals surface area contributed by atoms with E-state index in [2.05, 4.69) is 25.2 Å². The first-order valence-corrected chi connectivity index (χ1v) is 5.91. The number of rotatable bonds is 4. The first kappa shape index (κ1) is 13.0. The second-order valence-corrected chi connectivity index (χ2v) is 4.28. The molecule has 0 N–H and O–H groups in total. The molecule has 0 fully saturated rings. The monoisotopic (exact) mass is 276 g/mol. The van der Waals surface area contributed by atoms with Gasteiger partial charge in [0.2, 0.25) is 5.16 Å². The summed E-state index contributed by atoms with van der Waals surface area (Å²) in [6.45, 7) is -0.0796. The molecule has 96 valence electrons. The second-order valence-electron chi connectivity index (χ2n) is 3.29. The van der Waals surface area contributed by atoms with Crippen molar-refractivity contribution in [3.63, 3.8) is 0 Å². The van der Waals surface area contributed by atoms with E-state index < -0.39 is 5.97 Å². The van der Waals surface area contributed by atoms with Crippen LogP contribution in [0.4, 0.5) is 0 Å². The number of nitrogens with zero attached hydrogens (tertiary/aromatic N) is 6. The van der Waals surface area contributed by atoms with Crippen LogP contribution in [0.15, 0.2) is 28.5 Å². The topological polar surface area (TPSA) is 107 Å². The molecule has 0 radical (unpaired) electrons. The number of carbonyl (C=O) groups is 1. The smallest absolute Gasteiger partial charge is 0.327 e. The fraction of sp³-hybridized carbons (Fsp3) is 0.200. The molecule has 0 amide bonds. The molecule has 19 heavy (non-hydrogen) atoms. The van der Waals surface area contributed by atoms with Crippen molar-refractivity contribution >= 4 is 17.7 Å². The van der Waals surface area contributed by atoms with Crippen molar-refractivity contribution in [2.24, 2.45) is 0 Å². The maximum absolute atomic E-state index is 11.2. The van der Waals surface area contributed by atoms with E-state index in [9.17, 15) is 4.79 Å². The summed E-state index contributed by atoms with van der Waals surface area (Å²) < 4.78 is 5.84. The summed E-state index contributed by atoms with van der Waals surface area (Å²) in [7, 11) is 1.29. The van der Waals surface area contributed by atoms with E-state index in [0.29, 0.717) is 15.7 Å². The van der Waals surface area contributed by atoms with Crippen molar-refractivity contribution in [1.29, 1.82) is 5.26 Å². The van der Waals surface area contributed by atoms with Crippen LogP contribution in [-0.2, 0) is 16.1 Å². The average molecular weight is 276 g/mol. The number of ether oxygens (including phenoxy) is 1. The third kappa shape index (κ3) is 3.26. The summed E-state index contributed by atoms with van der Waals surface area (Å²) in [4.78, 5) is 15.3. The van der Waals surface area contributed by atoms with Gasteiger partial charge in [-0.05, 0) is 34.3 Å². The summed E-state index contributed by atoms with van der Waals surface area (Å²) in [5, 5.41) is 20.7. The van der Waals surface area contributed by atoms with Gasteiger partial charge in [-0.15, -0.1) is 5.10 Å². The lowest BCUT2D eigenvalue weighted by atomic mass is 10.3. The molecule has 0 aliphatic rings. The Labute approximate surface area is 112 Å². The predicted molar refractivity (Wildman–Crippen MR) is 62.9 cm³/mol. The maximum Gasteiger partial charge on any atom is 0.327 e. The minimum atomic E-state index is -0.451. The Bertz CT molecular complexity index is 635. The van der Waals surface area contributed by atoms with E-state index in [0.717, 1.165) is 11.8 Å². The number of methoxy groups -OCH3 is 1. The van der Waals surface area contributed by atoms with E-state index in [1.165, 1.54) is 18.0 Å². The first-order valence-electron chi connectivity index (χ1n) is 5.10. The number of pyridine rings is 1. The number of nitriles is 1. The maximum atomic E-state index is 11.2. The molecule has 8 nitrogen and oxygen atoms in total. The quantitative estimate of drug-likeness (QED) is 0.732. The van der Waals surface area contributed by atoms with E-state index in [-0.39, 0.29) is 6.54 Å². The average Bonchev–Trinajstić information content (AvgIpc) is 2.86. The van der Waals surface area contributed by atoms with Crippen LogP contribution in [0.3, 0.4) is 0 Å². The Balaban J connectivity index is 2.17. The van der Waals surface area contributed by atoms with Crippen molar-refractivity contribution < 1.29 is 9.53 Å². The fourth-order valence-corrected chi connectivity index (χ4v) is 1.95. The van der Waals surface area contributed by atoms with E-state index in [4.69, 9.17) is 5.26 Å². The minimum absolute atomic E-state index is 0.0796. The van der Waals surface area contributed by atoms with Gasteiger partial charge in [0, 0.05) is 6.20 Å². The molecule has 9 heteroatoms. The van der Waals surface area contributed by atoms with Crippen LogP contribution in [0.25, 0.3) is 0 Å². The van der Waals surface area contributed by atoms with Crippen LogP contribution < -0.4 is 0 Å². The molecule has 2 aromatic rings. The molecule has 0 aliphatic heterocycles. The van der Waals surface area contributed by atoms with Crippen LogP contribution in [0.2, 0.25) is 0 Å². The lowest BCUT2D eigenvalue weighted by Gasteiger charge is -2.02. The highest BCUT2D eigenvalue weighted by Crippen LogP contribution is 2.23. The zero-order chi connectivity index (χ0) is 13.7. The Morgan fingerprint density at radius 2 is 2.47 bits per heavy atom. The van der Waals surface area contributed by atoms with Gasteiger partial charge in [-0.1, -0.05) is 0 Å². The second kappa shape index (κ2) is 5.92. The largest absolute Gasteiger partial charge is 0.468 e. The highest BCUT2D eigenvalue weighted by atomic mass is 32.2. The first-order chi connectivity index (χ1) is 9.22. The lowest BCUT2D eigenvalue weighted by molar-refractivity contribution is -0.141. The summed E-state index contributed by atoms with van der Waals surface area (Å²) in [5.41, 5.74) is 0.490. The molecular weight excluding hydrogens is 268 g/mol. The highest BCUT2D eigenvalue weighted by molar-refractivity contribution is 7.99. The van der Waals surface area contributed by atoms with Crippen LogP contribution in [0.1, 0.15) is 5.56 Å². The molecule has 0 bridgehead atoms. The number of tetrazole rings is 1. The molecule has 0 spiro atoms. The number of hydrogen-bond acceptors (Lipinski definition) is 8. The van der Waals surface area contributed by atoms with E-state index in [1.807, 2.05) is 6.07 Å². The predicted octanol–water partition coefficient (Wildman–Crippen LogP) is 0.264. The Morgan fingerprint density at radius 3 is 3.21 bits per heavy atom. The third-order valence-electron chi connectivity index (χ3n) is 2.07. The zero-order valence-corrected chi connectivity index (χ0v) is 10.7. The third-order valence-corrected chi connectivity index (χ3v) is 2.97. The summed E-state index contributed by atoms with van der Waals surface area (Å²) in [5.74, 6) is -0.451. The summed E-state index contributed by atoms with van der Waals surface area (Å²) in [6, 6.07) is 5.23. The van der Waals surface area contributed by atoms with E-state index in [1.54, 1.807) is 12.1 Å². The number of aromatic nitrogens is 5. The minimum Gasteiger partial charge on any atom is -0.468 e. The van der Waals surface area contributed by atoms with Gasteiger partial charge in [0.1, 0.15) is 11.6 Å². The molecule has 0 saturated carbocycles. The fourth-order valence-electron chi connectivity index (χ4n) is 1.18. The van der Waals surface area contributed by atoms with Crippen molar-refractivity contribution in [3.8, 4) is 6.07 Å². The zero-order valence-electron chi connectivity index (χ0n) is 9.85. The molecule has 2 aromatic heterocycles. The standard InChI is InChI=1S/C10H8N6O2S/c1-18-9(17)6-16-10(13-14-15-16)19-8-4-7(5-11)2-3-12-8/h2-4H,6H2,1H3. The van der Waals surface area contributed by atoms with Crippen LogP contribution in [0, 0.1) is 11.3 Å². The summed E-state index contributed by atoms with van der Waals surface area (Å²) in [6.07, 6.45) is 1.52. The van der Waals surface area contributed by atoms with Gasteiger partial charge in [0.25, 0.3) is 0 Å². The molecule has 0 unspecified atom stereocenters.